The van der Waals surface area contributed by atoms with Gasteiger partial charge in [0.2, 0.25) is 0 Å². The molecule has 1 N–H and O–H groups in total. The zero-order chi connectivity index (χ0) is 18.9. The van der Waals surface area contributed by atoms with Crippen molar-refractivity contribution in [1.82, 2.24) is 5.32 Å². The van der Waals surface area contributed by atoms with Crippen LogP contribution in [0, 0.1) is 11.6 Å². The maximum absolute atomic E-state index is 13.4. The minimum absolute atomic E-state index is 0.0336. The number of hydrogen-bond donors (Lipinski definition) is 1. The summed E-state index contributed by atoms with van der Waals surface area (Å²) in [5, 5.41) is 2.90. The molecule has 26 heavy (non-hydrogen) atoms. The molecule has 0 unspecified atom stereocenters. The monoisotopic (exact) mass is 383 g/mol. The molecule has 0 saturated carbocycles. The van der Waals surface area contributed by atoms with E-state index in [2.05, 4.69) is 5.32 Å². The number of amides is 1. The molecule has 0 aliphatic carbocycles. The molecule has 2 aromatic rings. The van der Waals surface area contributed by atoms with Crippen LogP contribution in [0.5, 0.6) is 5.75 Å². The number of hydrogen-bond acceptors (Lipinski definition) is 4. The Hall–Kier alpha value is -2.67. The van der Waals surface area contributed by atoms with E-state index in [4.69, 9.17) is 21.1 Å². The molecule has 0 spiro atoms. The van der Waals surface area contributed by atoms with Crippen LogP contribution in [0.15, 0.2) is 42.5 Å². The lowest BCUT2D eigenvalue weighted by Crippen LogP contribution is -2.27. The van der Waals surface area contributed by atoms with E-state index in [-0.39, 0.29) is 31.7 Å². The smallest absolute Gasteiger partial charge is 0.307 e. The number of carbonyl (C=O) groups is 2. The van der Waals surface area contributed by atoms with E-state index in [9.17, 15) is 18.4 Å². The Morgan fingerprint density at radius 1 is 1.08 bits per heavy atom. The minimum Gasteiger partial charge on any atom is -0.490 e. The van der Waals surface area contributed by atoms with Crippen LogP contribution in [0.2, 0.25) is 5.02 Å². The molecule has 5 nitrogen and oxygen atoms in total. The first kappa shape index (κ1) is 19.7. The highest BCUT2D eigenvalue weighted by molar-refractivity contribution is 6.30. The summed E-state index contributed by atoms with van der Waals surface area (Å²) in [5.74, 6) is -2.47. The number of halogens is 3. The third-order valence-electron chi connectivity index (χ3n) is 3.20. The maximum atomic E-state index is 13.4. The predicted molar refractivity (Wildman–Crippen MR) is 91.2 cm³/mol. The topological polar surface area (TPSA) is 64.6 Å². The van der Waals surface area contributed by atoms with Crippen LogP contribution in [0.25, 0.3) is 0 Å². The van der Waals surface area contributed by atoms with Gasteiger partial charge >= 0.3 is 5.97 Å². The molecule has 0 atom stereocenters. The van der Waals surface area contributed by atoms with Gasteiger partial charge in [0, 0.05) is 17.6 Å². The summed E-state index contributed by atoms with van der Waals surface area (Å²) in [6, 6.07) is 9.42. The number of esters is 1. The second kappa shape index (κ2) is 9.72. The van der Waals surface area contributed by atoms with Gasteiger partial charge in [-0.1, -0.05) is 17.7 Å². The van der Waals surface area contributed by atoms with Crippen molar-refractivity contribution in [2.45, 2.75) is 6.42 Å². The van der Waals surface area contributed by atoms with Gasteiger partial charge in [-0.05, 0) is 30.3 Å². The van der Waals surface area contributed by atoms with Crippen molar-refractivity contribution in [3.63, 3.8) is 0 Å². The molecule has 8 heteroatoms. The number of rotatable bonds is 8. The largest absolute Gasteiger partial charge is 0.490 e. The third kappa shape index (κ3) is 6.33. The van der Waals surface area contributed by atoms with Crippen LogP contribution in [-0.2, 0) is 9.53 Å². The van der Waals surface area contributed by atoms with Crippen molar-refractivity contribution in [1.29, 1.82) is 0 Å². The zero-order valence-corrected chi connectivity index (χ0v) is 14.4. The second-order valence-electron chi connectivity index (χ2n) is 5.16. The fraction of sp³-hybridized carbons (Fsp3) is 0.222. The Bertz CT molecular complexity index is 786. The first-order valence-electron chi connectivity index (χ1n) is 7.73. The summed E-state index contributed by atoms with van der Waals surface area (Å²) in [7, 11) is 0. The van der Waals surface area contributed by atoms with E-state index in [1.54, 1.807) is 24.3 Å². The lowest BCUT2D eigenvalue weighted by molar-refractivity contribution is -0.144. The summed E-state index contributed by atoms with van der Waals surface area (Å²) in [6.07, 6.45) is -0.0915. The molecule has 0 aliphatic heterocycles. The first-order chi connectivity index (χ1) is 12.5. The Morgan fingerprint density at radius 2 is 1.88 bits per heavy atom. The van der Waals surface area contributed by atoms with Crippen LogP contribution in [-0.4, -0.2) is 31.6 Å². The van der Waals surface area contributed by atoms with Gasteiger partial charge in [0.05, 0.1) is 12.0 Å². The molecule has 0 heterocycles. The average molecular weight is 384 g/mol. The van der Waals surface area contributed by atoms with E-state index in [1.165, 1.54) is 0 Å². The summed E-state index contributed by atoms with van der Waals surface area (Å²) in [6.45, 7) is 0.148. The van der Waals surface area contributed by atoms with Gasteiger partial charge in [-0.15, -0.1) is 0 Å². The van der Waals surface area contributed by atoms with Gasteiger partial charge < -0.3 is 14.8 Å². The Morgan fingerprint density at radius 3 is 2.62 bits per heavy atom. The summed E-state index contributed by atoms with van der Waals surface area (Å²) >= 11 is 5.81. The van der Waals surface area contributed by atoms with Gasteiger partial charge in [0.1, 0.15) is 30.6 Å². The molecular formula is C18H16ClF2NO4. The van der Waals surface area contributed by atoms with Gasteiger partial charge in [-0.25, -0.2) is 8.78 Å². The lowest BCUT2D eigenvalue weighted by atomic mass is 10.2. The molecule has 0 bridgehead atoms. The number of nitrogens with one attached hydrogen (secondary N) is 1. The number of benzene rings is 2. The summed E-state index contributed by atoms with van der Waals surface area (Å²) in [4.78, 5) is 23.3. The SMILES string of the molecule is O=C(CCNC(=O)c1ccc(F)cc1F)OCCOc1cccc(Cl)c1. The van der Waals surface area contributed by atoms with Crippen molar-refractivity contribution < 1.29 is 27.8 Å². The van der Waals surface area contributed by atoms with E-state index in [0.717, 1.165) is 12.1 Å². The molecule has 0 aliphatic rings. The first-order valence-corrected chi connectivity index (χ1v) is 8.11. The number of ether oxygens (including phenoxy) is 2. The fourth-order valence-electron chi connectivity index (χ4n) is 1.99. The molecule has 2 aromatic carbocycles. The molecule has 1 amide bonds. The van der Waals surface area contributed by atoms with E-state index >= 15 is 0 Å². The number of carbonyl (C=O) groups excluding carboxylic acids is 2. The normalized spacial score (nSPS) is 10.3. The highest BCUT2D eigenvalue weighted by atomic mass is 35.5. The van der Waals surface area contributed by atoms with Crippen molar-refractivity contribution in [2.75, 3.05) is 19.8 Å². The highest BCUT2D eigenvalue weighted by Crippen LogP contribution is 2.16. The van der Waals surface area contributed by atoms with Crippen LogP contribution in [0.3, 0.4) is 0 Å². The van der Waals surface area contributed by atoms with Crippen LogP contribution >= 0.6 is 11.6 Å². The second-order valence-corrected chi connectivity index (χ2v) is 5.59. The van der Waals surface area contributed by atoms with Crippen LogP contribution in [0.4, 0.5) is 8.78 Å². The molecule has 138 valence electrons. The fourth-order valence-corrected chi connectivity index (χ4v) is 2.17. The van der Waals surface area contributed by atoms with Gasteiger partial charge in [0.15, 0.2) is 0 Å². The lowest BCUT2D eigenvalue weighted by Gasteiger charge is -2.08. The minimum atomic E-state index is -0.969. The van der Waals surface area contributed by atoms with Crippen molar-refractivity contribution in [3.8, 4) is 5.75 Å². The quantitative estimate of drug-likeness (QED) is 0.561. The Balaban J connectivity index is 1.63. The molecule has 0 radical (unpaired) electrons. The maximum Gasteiger partial charge on any atom is 0.307 e. The van der Waals surface area contributed by atoms with Gasteiger partial charge in [-0.2, -0.15) is 0 Å². The molecular weight excluding hydrogens is 368 g/mol. The van der Waals surface area contributed by atoms with E-state index in [0.29, 0.717) is 16.8 Å². The van der Waals surface area contributed by atoms with Crippen molar-refractivity contribution >= 4 is 23.5 Å². The van der Waals surface area contributed by atoms with Gasteiger partial charge in [0.25, 0.3) is 5.91 Å². The standard InChI is InChI=1S/C18H16ClF2NO4/c19-12-2-1-3-14(10-12)25-8-9-26-17(23)6-7-22-18(24)15-5-4-13(20)11-16(15)21/h1-5,10-11H,6-9H2,(H,22,24). The zero-order valence-electron chi connectivity index (χ0n) is 13.6. The Labute approximate surface area is 153 Å². The third-order valence-corrected chi connectivity index (χ3v) is 3.44. The summed E-state index contributed by atoms with van der Waals surface area (Å²) in [5.41, 5.74) is -0.297. The molecule has 0 saturated heterocycles. The van der Waals surface area contributed by atoms with Crippen LogP contribution < -0.4 is 10.1 Å². The van der Waals surface area contributed by atoms with E-state index in [1.807, 2.05) is 0 Å². The van der Waals surface area contributed by atoms with Crippen molar-refractivity contribution in [3.05, 3.63) is 64.7 Å². The van der Waals surface area contributed by atoms with Gasteiger partial charge in [-0.3, -0.25) is 9.59 Å². The molecule has 0 aromatic heterocycles. The average Bonchev–Trinajstić information content (AvgIpc) is 2.58. The highest BCUT2D eigenvalue weighted by Gasteiger charge is 2.12. The molecule has 0 fully saturated rings. The predicted octanol–water partition coefficient (Wildman–Crippen LogP) is 3.36. The summed E-state index contributed by atoms with van der Waals surface area (Å²) < 4.78 is 36.5. The molecule has 2 rings (SSSR count). The van der Waals surface area contributed by atoms with Crippen molar-refractivity contribution in [2.24, 2.45) is 0 Å². The van der Waals surface area contributed by atoms with E-state index < -0.39 is 23.5 Å². The van der Waals surface area contributed by atoms with Crippen LogP contribution in [0.1, 0.15) is 16.8 Å². The Kier molecular flexibility index (Phi) is 7.35.